The van der Waals surface area contributed by atoms with Gasteiger partial charge >= 0.3 is 51.4 Å². The molecule has 0 amide bonds. The third-order valence-electron chi connectivity index (χ3n) is 0. The van der Waals surface area contributed by atoms with Crippen molar-refractivity contribution in [3.8, 4) is 0 Å². The van der Waals surface area contributed by atoms with Gasteiger partial charge in [-0.05, 0) is 0 Å². The van der Waals surface area contributed by atoms with Gasteiger partial charge in [-0.3, -0.25) is 0 Å². The van der Waals surface area contributed by atoms with Crippen LogP contribution in [0.3, 0.4) is 0 Å². The molecule has 0 aromatic rings. The minimum atomic E-state index is 0. The summed E-state index contributed by atoms with van der Waals surface area (Å²) in [7, 11) is 0. The second-order valence-corrected chi connectivity index (χ2v) is 0. The molecule has 4 heavy (non-hydrogen) atoms. The van der Waals surface area contributed by atoms with E-state index in [0.717, 1.165) is 0 Å². The van der Waals surface area contributed by atoms with Gasteiger partial charge in [-0.25, -0.2) is 0 Å². The maximum atomic E-state index is 0. The normalized spacial score (nSPS) is 0. The molecule has 0 saturated carbocycles. The molecular weight excluding hydrogens is 159 g/mol. The monoisotopic (exact) mass is 164 g/mol. The average Bonchev–Trinajstić information content (AvgIpc) is 0. The molecule has 0 heterocycles. The van der Waals surface area contributed by atoms with E-state index in [-0.39, 0.29) is 95.4 Å². The van der Waals surface area contributed by atoms with E-state index >= 15 is 0 Å². The molecule has 0 unspecified atom stereocenters. The van der Waals surface area contributed by atoms with Crippen molar-refractivity contribution in [2.24, 2.45) is 0 Å². The molecule has 4 heteroatoms. The first-order chi connectivity index (χ1) is 0. The Kier molecular flexibility index (Phi) is 122. The summed E-state index contributed by atoms with van der Waals surface area (Å²) in [6, 6.07) is 0. The molecule has 26 valence electrons. The summed E-state index contributed by atoms with van der Waals surface area (Å²) in [6.45, 7) is 0. The van der Waals surface area contributed by atoms with E-state index in [1.165, 1.54) is 0 Å². The van der Waals surface area contributed by atoms with Crippen LogP contribution in [0.4, 0.5) is 0 Å². The van der Waals surface area contributed by atoms with Crippen molar-refractivity contribution in [1.82, 2.24) is 0 Å². The van der Waals surface area contributed by atoms with E-state index in [9.17, 15) is 0 Å². The number of rotatable bonds is 0. The Labute approximate surface area is 93.3 Å². The van der Waals surface area contributed by atoms with Crippen LogP contribution in [0, 0.1) is 0 Å². The SMILES string of the molecule is S.S.[Fe].[KH]. The standard InChI is InChI=1S/Fe.K.2H2S.H/h;;2*1H2;. The fraction of sp³-hybridized carbons (Fsp3) is 0. The van der Waals surface area contributed by atoms with Gasteiger partial charge in [-0.2, -0.15) is 27.0 Å². The van der Waals surface area contributed by atoms with Gasteiger partial charge in [-0.15, -0.1) is 0 Å². The first-order valence-corrected chi connectivity index (χ1v) is 0. The molecule has 0 aliphatic rings. The number of hydrogen-bond acceptors (Lipinski definition) is 0. The molecule has 0 fully saturated rings. The Morgan fingerprint density at radius 2 is 0.750 bits per heavy atom. The molecule has 0 atom stereocenters. The molecule has 0 aromatic carbocycles. The van der Waals surface area contributed by atoms with Gasteiger partial charge in [0, 0.05) is 17.1 Å². The molecule has 0 nitrogen and oxygen atoms in total. The molecule has 0 N–H and O–H groups in total. The van der Waals surface area contributed by atoms with Gasteiger partial charge in [0.2, 0.25) is 0 Å². The molecule has 0 aliphatic carbocycles. The van der Waals surface area contributed by atoms with E-state index in [4.69, 9.17) is 0 Å². The molecule has 0 spiro atoms. The van der Waals surface area contributed by atoms with E-state index < -0.39 is 0 Å². The van der Waals surface area contributed by atoms with E-state index in [0.29, 0.717) is 0 Å². The van der Waals surface area contributed by atoms with E-state index in [2.05, 4.69) is 0 Å². The number of hydrogen-bond donors (Lipinski definition) is 0. The van der Waals surface area contributed by atoms with Crippen molar-refractivity contribution in [2.45, 2.75) is 0 Å². The molecule has 0 aromatic heterocycles. The van der Waals surface area contributed by atoms with Crippen molar-refractivity contribution in [3.63, 3.8) is 0 Å². The fourth-order valence-electron chi connectivity index (χ4n) is 0. The Balaban J connectivity index is 0. The van der Waals surface area contributed by atoms with Crippen molar-refractivity contribution in [1.29, 1.82) is 0 Å². The van der Waals surface area contributed by atoms with Crippen LogP contribution in [0.2, 0.25) is 0 Å². The van der Waals surface area contributed by atoms with Crippen LogP contribution in [0.5, 0.6) is 0 Å². The van der Waals surface area contributed by atoms with Crippen LogP contribution in [0.1, 0.15) is 0 Å². The summed E-state index contributed by atoms with van der Waals surface area (Å²) in [6.07, 6.45) is 0. The van der Waals surface area contributed by atoms with Crippen LogP contribution >= 0.6 is 27.0 Å². The van der Waals surface area contributed by atoms with Crippen molar-refractivity contribution >= 4 is 78.4 Å². The van der Waals surface area contributed by atoms with Gasteiger partial charge in [0.1, 0.15) is 0 Å². The summed E-state index contributed by atoms with van der Waals surface area (Å²) >= 11 is 0. The first-order valence-electron chi connectivity index (χ1n) is 0. The predicted octanol–water partition coefficient (Wildman–Crippen LogP) is -0.425. The van der Waals surface area contributed by atoms with E-state index in [1.807, 2.05) is 0 Å². The third-order valence-corrected chi connectivity index (χ3v) is 0. The average molecular weight is 164 g/mol. The van der Waals surface area contributed by atoms with Crippen LogP contribution in [0.25, 0.3) is 0 Å². The molecule has 0 rings (SSSR count). The predicted molar refractivity (Wildman–Crippen MR) is 27.9 cm³/mol. The molecule has 0 saturated heterocycles. The zero-order chi connectivity index (χ0) is 0. The van der Waals surface area contributed by atoms with Gasteiger partial charge < -0.3 is 0 Å². The fourth-order valence-corrected chi connectivity index (χ4v) is 0. The Hall–Kier alpha value is 2.86. The molecule has 0 radical (unpaired) electrons. The van der Waals surface area contributed by atoms with Gasteiger partial charge in [0.05, 0.1) is 0 Å². The molecular formula is H5FeKS2. The second kappa shape index (κ2) is 16.9. The quantitative estimate of drug-likeness (QED) is 0.426. The maximum absolute atomic E-state index is 0. The Morgan fingerprint density at radius 1 is 0.750 bits per heavy atom. The van der Waals surface area contributed by atoms with Crippen LogP contribution < -0.4 is 0 Å². The molecule has 0 bridgehead atoms. The zero-order valence-electron chi connectivity index (χ0n) is 1.35. The zero-order valence-corrected chi connectivity index (χ0v) is 4.46. The van der Waals surface area contributed by atoms with Crippen LogP contribution in [-0.2, 0) is 17.1 Å². The van der Waals surface area contributed by atoms with Crippen molar-refractivity contribution < 1.29 is 17.1 Å². The summed E-state index contributed by atoms with van der Waals surface area (Å²) in [4.78, 5) is 0. The summed E-state index contributed by atoms with van der Waals surface area (Å²) in [5.41, 5.74) is 0. The molecule has 0 aliphatic heterocycles. The Morgan fingerprint density at radius 3 is 0.750 bits per heavy atom. The van der Waals surface area contributed by atoms with Gasteiger partial charge in [0.15, 0.2) is 0 Å². The minimum absolute atomic E-state index is 0. The van der Waals surface area contributed by atoms with Gasteiger partial charge in [0.25, 0.3) is 0 Å². The van der Waals surface area contributed by atoms with E-state index in [1.54, 1.807) is 0 Å². The third kappa shape index (κ3) is 8.85. The topological polar surface area (TPSA) is 0 Å². The van der Waals surface area contributed by atoms with Crippen LogP contribution in [-0.4, -0.2) is 51.4 Å². The van der Waals surface area contributed by atoms with Crippen molar-refractivity contribution in [3.05, 3.63) is 0 Å². The van der Waals surface area contributed by atoms with Crippen LogP contribution in [0.15, 0.2) is 0 Å². The van der Waals surface area contributed by atoms with Crippen molar-refractivity contribution in [2.75, 3.05) is 0 Å². The second-order valence-electron chi connectivity index (χ2n) is 0. The summed E-state index contributed by atoms with van der Waals surface area (Å²) in [5.74, 6) is 0. The van der Waals surface area contributed by atoms with Gasteiger partial charge in [-0.1, -0.05) is 0 Å². The summed E-state index contributed by atoms with van der Waals surface area (Å²) in [5, 5.41) is 0. The summed E-state index contributed by atoms with van der Waals surface area (Å²) < 4.78 is 0. The Bertz CT molecular complexity index is 6.00. The first kappa shape index (κ1) is 28.8.